The third kappa shape index (κ3) is 4.27. The van der Waals surface area contributed by atoms with Crippen LogP contribution in [0.25, 0.3) is 0 Å². The van der Waals surface area contributed by atoms with E-state index in [4.69, 9.17) is 16.3 Å². The summed E-state index contributed by atoms with van der Waals surface area (Å²) in [7, 11) is 1.73. The molecular weight excluding hydrogens is 274 g/mol. The summed E-state index contributed by atoms with van der Waals surface area (Å²) < 4.78 is 5.44. The number of nitrogens with one attached hydrogen (secondary N) is 1. The van der Waals surface area contributed by atoms with Crippen molar-refractivity contribution in [3.63, 3.8) is 0 Å². The van der Waals surface area contributed by atoms with Crippen LogP contribution in [0.3, 0.4) is 0 Å². The standard InChI is InChI=1S/C15H24ClN3O/c1-20-15-5-3-2-4-14(15)19-12-10-18(11-13-19)9-8-17-7-6-16/h2-5,17H,6-13H2,1H3. The molecule has 1 fully saturated rings. The Morgan fingerprint density at radius 1 is 1.15 bits per heavy atom. The molecule has 0 unspecified atom stereocenters. The summed E-state index contributed by atoms with van der Waals surface area (Å²) in [4.78, 5) is 4.90. The van der Waals surface area contributed by atoms with Gasteiger partial charge in [0, 0.05) is 51.7 Å². The van der Waals surface area contributed by atoms with Crippen LogP contribution in [0.5, 0.6) is 5.75 Å². The number of alkyl halides is 1. The highest BCUT2D eigenvalue weighted by atomic mass is 35.5. The van der Waals surface area contributed by atoms with Gasteiger partial charge in [0.15, 0.2) is 0 Å². The molecule has 20 heavy (non-hydrogen) atoms. The SMILES string of the molecule is COc1ccccc1N1CCN(CCNCCCl)CC1. The topological polar surface area (TPSA) is 27.7 Å². The van der Waals surface area contributed by atoms with Gasteiger partial charge in [-0.05, 0) is 12.1 Å². The van der Waals surface area contributed by atoms with Crippen molar-refractivity contribution in [3.05, 3.63) is 24.3 Å². The van der Waals surface area contributed by atoms with E-state index in [1.54, 1.807) is 7.11 Å². The van der Waals surface area contributed by atoms with Crippen molar-refractivity contribution in [1.29, 1.82) is 0 Å². The largest absolute Gasteiger partial charge is 0.495 e. The molecule has 2 rings (SSSR count). The predicted octanol–water partition coefficient (Wildman–Crippen LogP) is 1.65. The number of anilines is 1. The maximum absolute atomic E-state index is 5.64. The fourth-order valence-electron chi connectivity index (χ4n) is 2.53. The lowest BCUT2D eigenvalue weighted by Gasteiger charge is -2.36. The van der Waals surface area contributed by atoms with Crippen molar-refractivity contribution in [1.82, 2.24) is 10.2 Å². The molecule has 1 aliphatic heterocycles. The third-order valence-corrected chi connectivity index (χ3v) is 3.86. The molecule has 0 atom stereocenters. The number of hydrogen-bond acceptors (Lipinski definition) is 4. The van der Waals surface area contributed by atoms with Crippen LogP contribution in [0.4, 0.5) is 5.69 Å². The fourth-order valence-corrected chi connectivity index (χ4v) is 2.67. The molecule has 0 spiro atoms. The molecule has 112 valence electrons. The van der Waals surface area contributed by atoms with Crippen molar-refractivity contribution in [3.8, 4) is 5.75 Å². The molecule has 1 aromatic rings. The number of ether oxygens (including phenoxy) is 1. The van der Waals surface area contributed by atoms with E-state index in [0.717, 1.165) is 51.6 Å². The summed E-state index contributed by atoms with van der Waals surface area (Å²) in [6, 6.07) is 8.25. The molecule has 0 bridgehead atoms. The summed E-state index contributed by atoms with van der Waals surface area (Å²) >= 11 is 5.64. The van der Waals surface area contributed by atoms with Crippen molar-refractivity contribution in [2.45, 2.75) is 0 Å². The lowest BCUT2D eigenvalue weighted by atomic mass is 10.2. The number of nitrogens with zero attached hydrogens (tertiary/aromatic N) is 2. The van der Waals surface area contributed by atoms with Crippen LogP contribution >= 0.6 is 11.6 Å². The summed E-state index contributed by atoms with van der Waals surface area (Å²) in [6.07, 6.45) is 0. The Kier molecular flexibility index (Phi) is 6.43. The zero-order chi connectivity index (χ0) is 14.2. The van der Waals surface area contributed by atoms with Gasteiger partial charge in [-0.2, -0.15) is 0 Å². The summed E-state index contributed by atoms with van der Waals surface area (Å²) in [5.41, 5.74) is 1.20. The van der Waals surface area contributed by atoms with Gasteiger partial charge in [0.2, 0.25) is 0 Å². The van der Waals surface area contributed by atoms with Gasteiger partial charge in [0.05, 0.1) is 12.8 Å². The van der Waals surface area contributed by atoms with Gasteiger partial charge in [0.25, 0.3) is 0 Å². The van der Waals surface area contributed by atoms with Crippen LogP contribution in [0.2, 0.25) is 0 Å². The van der Waals surface area contributed by atoms with Gasteiger partial charge in [-0.1, -0.05) is 12.1 Å². The number of rotatable bonds is 7. The van der Waals surface area contributed by atoms with Crippen LogP contribution in [0.1, 0.15) is 0 Å². The van der Waals surface area contributed by atoms with E-state index in [-0.39, 0.29) is 0 Å². The minimum Gasteiger partial charge on any atom is -0.495 e. The van der Waals surface area contributed by atoms with Gasteiger partial charge in [-0.3, -0.25) is 4.90 Å². The molecule has 1 aliphatic rings. The highest BCUT2D eigenvalue weighted by Gasteiger charge is 2.18. The van der Waals surface area contributed by atoms with Gasteiger partial charge in [-0.15, -0.1) is 11.6 Å². The zero-order valence-electron chi connectivity index (χ0n) is 12.1. The second kappa shape index (κ2) is 8.35. The fraction of sp³-hybridized carbons (Fsp3) is 0.600. The highest BCUT2D eigenvalue weighted by Crippen LogP contribution is 2.28. The number of piperazine rings is 1. The lowest BCUT2D eigenvalue weighted by molar-refractivity contribution is 0.257. The minimum absolute atomic E-state index is 0.682. The number of hydrogen-bond donors (Lipinski definition) is 1. The Balaban J connectivity index is 1.79. The lowest BCUT2D eigenvalue weighted by Crippen LogP contribution is -2.48. The summed E-state index contributed by atoms with van der Waals surface area (Å²) in [5, 5.41) is 3.34. The second-order valence-corrected chi connectivity index (χ2v) is 5.32. The van der Waals surface area contributed by atoms with Crippen molar-refractivity contribution < 1.29 is 4.74 Å². The third-order valence-electron chi connectivity index (χ3n) is 3.67. The Labute approximate surface area is 126 Å². The number of methoxy groups -OCH3 is 1. The molecule has 1 saturated heterocycles. The van der Waals surface area contributed by atoms with Crippen molar-refractivity contribution in [2.75, 3.05) is 63.7 Å². The molecule has 0 radical (unpaired) electrons. The van der Waals surface area contributed by atoms with Gasteiger partial charge >= 0.3 is 0 Å². The van der Waals surface area contributed by atoms with Crippen molar-refractivity contribution in [2.24, 2.45) is 0 Å². The average Bonchev–Trinajstić information content (AvgIpc) is 2.52. The summed E-state index contributed by atoms with van der Waals surface area (Å²) in [5.74, 6) is 1.64. The smallest absolute Gasteiger partial charge is 0.142 e. The zero-order valence-corrected chi connectivity index (χ0v) is 12.9. The van der Waals surface area contributed by atoms with Crippen LogP contribution in [0.15, 0.2) is 24.3 Å². The first kappa shape index (κ1) is 15.4. The normalized spacial score (nSPS) is 16.4. The predicted molar refractivity (Wildman–Crippen MR) is 85.2 cm³/mol. The molecule has 0 aliphatic carbocycles. The van der Waals surface area contributed by atoms with Crippen molar-refractivity contribution >= 4 is 17.3 Å². The van der Waals surface area contributed by atoms with E-state index < -0.39 is 0 Å². The molecule has 0 amide bonds. The van der Waals surface area contributed by atoms with Crippen LogP contribution in [0, 0.1) is 0 Å². The average molecular weight is 298 g/mol. The molecule has 4 nitrogen and oxygen atoms in total. The van der Waals surface area contributed by atoms with E-state index in [0.29, 0.717) is 5.88 Å². The molecule has 1 aromatic carbocycles. The Hall–Kier alpha value is -0.970. The minimum atomic E-state index is 0.682. The first-order valence-electron chi connectivity index (χ1n) is 7.22. The molecule has 5 heteroatoms. The van der Waals surface area contributed by atoms with E-state index in [1.165, 1.54) is 5.69 Å². The Morgan fingerprint density at radius 3 is 2.60 bits per heavy atom. The first-order chi connectivity index (χ1) is 9.85. The second-order valence-electron chi connectivity index (χ2n) is 4.94. The monoisotopic (exact) mass is 297 g/mol. The molecule has 0 saturated carbocycles. The maximum atomic E-state index is 5.64. The first-order valence-corrected chi connectivity index (χ1v) is 7.75. The Morgan fingerprint density at radius 2 is 1.90 bits per heavy atom. The molecule has 1 heterocycles. The molecule has 0 aromatic heterocycles. The number of benzene rings is 1. The van der Waals surface area contributed by atoms with Gasteiger partial charge < -0.3 is 15.0 Å². The maximum Gasteiger partial charge on any atom is 0.142 e. The summed E-state index contributed by atoms with van der Waals surface area (Å²) in [6.45, 7) is 7.30. The van der Waals surface area contributed by atoms with Gasteiger partial charge in [0.1, 0.15) is 5.75 Å². The highest BCUT2D eigenvalue weighted by molar-refractivity contribution is 6.18. The van der Waals surface area contributed by atoms with Crippen LogP contribution in [-0.2, 0) is 0 Å². The molecule has 1 N–H and O–H groups in total. The quantitative estimate of drug-likeness (QED) is 0.612. The number of para-hydroxylation sites is 2. The van der Waals surface area contributed by atoms with E-state index in [9.17, 15) is 0 Å². The van der Waals surface area contributed by atoms with Crippen LogP contribution in [-0.4, -0.2) is 63.7 Å². The van der Waals surface area contributed by atoms with Crippen LogP contribution < -0.4 is 15.0 Å². The van der Waals surface area contributed by atoms with Gasteiger partial charge in [-0.25, -0.2) is 0 Å². The van der Waals surface area contributed by atoms with E-state index >= 15 is 0 Å². The number of halogens is 1. The molecular formula is C15H24ClN3O. The van der Waals surface area contributed by atoms with E-state index in [1.807, 2.05) is 12.1 Å². The Bertz CT molecular complexity index is 394. The van der Waals surface area contributed by atoms with E-state index in [2.05, 4.69) is 27.2 Å².